The number of hydrogen-bond acceptors (Lipinski definition) is 6. The van der Waals surface area contributed by atoms with Crippen LogP contribution in [-0.2, 0) is 4.79 Å². The maximum atomic E-state index is 12.7. The Morgan fingerprint density at radius 1 is 1.10 bits per heavy atom. The summed E-state index contributed by atoms with van der Waals surface area (Å²) in [5.74, 6) is 4.38. The molecule has 3 fully saturated rings. The predicted octanol–water partition coefficient (Wildman–Crippen LogP) is 1.26. The average Bonchev–Trinajstić information content (AvgIpc) is 3.56. The van der Waals surface area contributed by atoms with Crippen LogP contribution in [0.25, 0.3) is 5.82 Å². The molecule has 0 bridgehead atoms. The Morgan fingerprint density at radius 3 is 2.76 bits per heavy atom. The van der Waals surface area contributed by atoms with E-state index >= 15 is 0 Å². The van der Waals surface area contributed by atoms with E-state index in [0.29, 0.717) is 11.9 Å². The van der Waals surface area contributed by atoms with E-state index in [2.05, 4.69) is 43.0 Å². The quantitative estimate of drug-likeness (QED) is 0.816. The molecule has 3 aliphatic heterocycles. The third-order valence-corrected chi connectivity index (χ3v) is 7.21. The molecule has 0 aromatic carbocycles. The van der Waals surface area contributed by atoms with Gasteiger partial charge in [-0.15, -0.1) is 11.8 Å². The molecule has 0 saturated carbocycles. The third kappa shape index (κ3) is 3.89. The van der Waals surface area contributed by atoms with Crippen molar-refractivity contribution in [3.63, 3.8) is 0 Å². The minimum absolute atomic E-state index is 0.00174. The number of carbonyl (C=O) groups is 1. The zero-order valence-electron chi connectivity index (χ0n) is 16.6. The van der Waals surface area contributed by atoms with E-state index in [-0.39, 0.29) is 6.04 Å². The van der Waals surface area contributed by atoms with Crippen molar-refractivity contribution < 1.29 is 4.79 Å². The first kappa shape index (κ1) is 19.0. The molecule has 1 N–H and O–H groups in total. The van der Waals surface area contributed by atoms with Gasteiger partial charge < -0.3 is 15.1 Å². The molecule has 5 heterocycles. The number of rotatable bonds is 4. The molecule has 0 radical (unpaired) electrons. The summed E-state index contributed by atoms with van der Waals surface area (Å²) in [6.07, 6.45) is 4.85. The van der Waals surface area contributed by atoms with Crippen molar-refractivity contribution in [3.8, 4) is 5.82 Å². The number of thioether (sulfide) groups is 1. The zero-order valence-corrected chi connectivity index (χ0v) is 17.4. The molecule has 29 heavy (non-hydrogen) atoms. The van der Waals surface area contributed by atoms with Gasteiger partial charge in [-0.3, -0.25) is 14.3 Å². The fourth-order valence-electron chi connectivity index (χ4n) is 4.63. The lowest BCUT2D eigenvalue weighted by Crippen LogP contribution is -2.51. The molecular weight excluding hydrogens is 384 g/mol. The van der Waals surface area contributed by atoms with Gasteiger partial charge in [0, 0.05) is 63.5 Å². The lowest BCUT2D eigenvalue weighted by atomic mass is 10.1. The van der Waals surface area contributed by atoms with Crippen LogP contribution < -0.4 is 10.2 Å². The molecule has 3 aliphatic rings. The van der Waals surface area contributed by atoms with E-state index in [4.69, 9.17) is 0 Å². The van der Waals surface area contributed by atoms with Crippen LogP contribution >= 0.6 is 11.8 Å². The van der Waals surface area contributed by atoms with Gasteiger partial charge in [-0.2, -0.15) is 0 Å². The topological polar surface area (TPSA) is 56.6 Å². The molecule has 3 saturated heterocycles. The SMILES string of the molecule is O=C([C@@H]1C[C@H](N2CCN(c3cccn3-c3ccccn3)CC2)CN1)N1CCSC1. The van der Waals surface area contributed by atoms with Crippen molar-refractivity contribution in [2.45, 2.75) is 18.5 Å². The first-order valence-corrected chi connectivity index (χ1v) is 11.6. The number of hydrogen-bond donors (Lipinski definition) is 1. The number of nitrogens with one attached hydrogen (secondary N) is 1. The molecule has 0 aliphatic carbocycles. The Bertz CT molecular complexity index is 829. The van der Waals surface area contributed by atoms with Crippen LogP contribution in [-0.4, -0.2) is 88.2 Å². The van der Waals surface area contributed by atoms with Gasteiger partial charge >= 0.3 is 0 Å². The summed E-state index contributed by atoms with van der Waals surface area (Å²) >= 11 is 1.85. The summed E-state index contributed by atoms with van der Waals surface area (Å²) in [7, 11) is 0. The second kappa shape index (κ2) is 8.38. The number of nitrogens with zero attached hydrogens (tertiary/aromatic N) is 5. The Kier molecular flexibility index (Phi) is 5.48. The van der Waals surface area contributed by atoms with Gasteiger partial charge in [0.15, 0.2) is 0 Å². The van der Waals surface area contributed by atoms with Gasteiger partial charge in [-0.25, -0.2) is 4.98 Å². The Hall–Kier alpha value is -2.03. The number of amides is 1. The fraction of sp³-hybridized carbons (Fsp3) is 0.524. The summed E-state index contributed by atoms with van der Waals surface area (Å²) < 4.78 is 2.16. The van der Waals surface area contributed by atoms with Crippen LogP contribution in [0.15, 0.2) is 42.7 Å². The van der Waals surface area contributed by atoms with E-state index in [9.17, 15) is 4.79 Å². The molecule has 0 spiro atoms. The van der Waals surface area contributed by atoms with E-state index in [1.807, 2.05) is 41.1 Å². The monoisotopic (exact) mass is 412 g/mol. The first-order chi connectivity index (χ1) is 14.3. The molecule has 5 rings (SSSR count). The van der Waals surface area contributed by atoms with Crippen molar-refractivity contribution in [3.05, 3.63) is 42.7 Å². The van der Waals surface area contributed by atoms with Gasteiger partial charge in [0.25, 0.3) is 0 Å². The maximum absolute atomic E-state index is 12.7. The standard InChI is InChI=1S/C21H28N6OS/c28-21(26-12-13-29-16-26)18-14-17(15-23-18)24-8-10-25(11-9-24)20-5-3-7-27(20)19-4-1-2-6-22-19/h1-7,17-18,23H,8-16H2/t17-,18-/m0/s1. The van der Waals surface area contributed by atoms with Crippen molar-refractivity contribution in [2.24, 2.45) is 0 Å². The highest BCUT2D eigenvalue weighted by Gasteiger charge is 2.36. The number of pyridine rings is 1. The molecule has 7 nitrogen and oxygen atoms in total. The van der Waals surface area contributed by atoms with Crippen molar-refractivity contribution in [1.82, 2.24) is 24.7 Å². The minimum Gasteiger partial charge on any atom is -0.355 e. The van der Waals surface area contributed by atoms with Crippen molar-refractivity contribution >= 4 is 23.5 Å². The molecular formula is C21H28N6OS. The number of piperazine rings is 1. The maximum Gasteiger partial charge on any atom is 0.240 e. The van der Waals surface area contributed by atoms with E-state index in [1.165, 1.54) is 5.82 Å². The second-order valence-electron chi connectivity index (χ2n) is 7.94. The van der Waals surface area contributed by atoms with Crippen molar-refractivity contribution in [2.75, 3.05) is 55.8 Å². The Labute approximate surface area is 176 Å². The highest BCUT2D eigenvalue weighted by Crippen LogP contribution is 2.24. The number of anilines is 1. The van der Waals surface area contributed by atoms with Crippen LogP contribution in [0.1, 0.15) is 6.42 Å². The van der Waals surface area contributed by atoms with E-state index < -0.39 is 0 Å². The summed E-state index contributed by atoms with van der Waals surface area (Å²) in [4.78, 5) is 24.2. The Balaban J connectivity index is 1.18. The van der Waals surface area contributed by atoms with Crippen LogP contribution in [0.2, 0.25) is 0 Å². The molecule has 8 heteroatoms. The lowest BCUT2D eigenvalue weighted by molar-refractivity contribution is -0.131. The normalized spacial score (nSPS) is 25.7. The van der Waals surface area contributed by atoms with E-state index in [1.54, 1.807) is 0 Å². The van der Waals surface area contributed by atoms with Crippen LogP contribution in [0, 0.1) is 0 Å². The summed E-state index contributed by atoms with van der Waals surface area (Å²) in [6, 6.07) is 10.7. The fourth-order valence-corrected chi connectivity index (χ4v) is 5.58. The Morgan fingerprint density at radius 2 is 2.00 bits per heavy atom. The summed E-state index contributed by atoms with van der Waals surface area (Å²) in [5, 5.41) is 3.48. The minimum atomic E-state index is -0.00174. The largest absolute Gasteiger partial charge is 0.355 e. The molecule has 0 unspecified atom stereocenters. The summed E-state index contributed by atoms with van der Waals surface area (Å²) in [6.45, 7) is 5.87. The van der Waals surface area contributed by atoms with Crippen LogP contribution in [0.3, 0.4) is 0 Å². The van der Waals surface area contributed by atoms with Gasteiger partial charge in [0.1, 0.15) is 11.6 Å². The smallest absolute Gasteiger partial charge is 0.240 e. The number of carbonyl (C=O) groups excluding carboxylic acids is 1. The highest BCUT2D eigenvalue weighted by atomic mass is 32.2. The van der Waals surface area contributed by atoms with Crippen molar-refractivity contribution in [1.29, 1.82) is 0 Å². The molecule has 1 amide bonds. The van der Waals surface area contributed by atoms with Gasteiger partial charge in [-0.1, -0.05) is 6.07 Å². The third-order valence-electron chi connectivity index (χ3n) is 6.25. The molecule has 154 valence electrons. The molecule has 2 atom stereocenters. The van der Waals surface area contributed by atoms with Crippen LogP contribution in [0.4, 0.5) is 5.82 Å². The second-order valence-corrected chi connectivity index (χ2v) is 9.01. The molecule has 2 aromatic heterocycles. The molecule has 2 aromatic rings. The van der Waals surface area contributed by atoms with Gasteiger partial charge in [0.05, 0.1) is 11.9 Å². The first-order valence-electron chi connectivity index (χ1n) is 10.5. The highest BCUT2D eigenvalue weighted by molar-refractivity contribution is 7.99. The number of aromatic nitrogens is 2. The summed E-state index contributed by atoms with van der Waals surface area (Å²) in [5.41, 5.74) is 0. The average molecular weight is 413 g/mol. The van der Waals surface area contributed by atoms with E-state index in [0.717, 1.165) is 63.1 Å². The van der Waals surface area contributed by atoms with Gasteiger partial charge in [-0.05, 0) is 30.7 Å². The van der Waals surface area contributed by atoms with Gasteiger partial charge in [0.2, 0.25) is 5.91 Å². The van der Waals surface area contributed by atoms with Crippen LogP contribution in [0.5, 0.6) is 0 Å². The predicted molar refractivity (Wildman–Crippen MR) is 117 cm³/mol. The lowest BCUT2D eigenvalue weighted by Gasteiger charge is -2.39. The zero-order chi connectivity index (χ0) is 19.6.